The zero-order valence-electron chi connectivity index (χ0n) is 9.92. The molecule has 0 aliphatic heterocycles. The lowest BCUT2D eigenvalue weighted by Crippen LogP contribution is -2.02. The van der Waals surface area contributed by atoms with Gasteiger partial charge in [-0.2, -0.15) is 0 Å². The Labute approximate surface area is 118 Å². The standard InChI is InChI=1S/C13H8ClFN2O3/c14-9-5-8(13(18)12(6-9)17(19)20)7-16-11-3-1-10(15)2-4-11/h1-7,18H/p-1. The molecule has 0 aliphatic carbocycles. The fourth-order valence-electron chi connectivity index (χ4n) is 1.50. The molecule has 102 valence electrons. The molecule has 0 unspecified atom stereocenters. The summed E-state index contributed by atoms with van der Waals surface area (Å²) >= 11 is 5.71. The highest BCUT2D eigenvalue weighted by Crippen LogP contribution is 2.30. The number of hydrogen-bond donors (Lipinski definition) is 0. The van der Waals surface area contributed by atoms with E-state index >= 15 is 0 Å². The number of nitrogens with zero attached hydrogens (tertiary/aromatic N) is 2. The summed E-state index contributed by atoms with van der Waals surface area (Å²) in [5, 5.41) is 22.6. The van der Waals surface area contributed by atoms with E-state index in [-0.39, 0.29) is 10.6 Å². The number of benzene rings is 2. The highest BCUT2D eigenvalue weighted by molar-refractivity contribution is 6.31. The van der Waals surface area contributed by atoms with Crippen LogP contribution < -0.4 is 5.11 Å². The minimum atomic E-state index is -0.802. The summed E-state index contributed by atoms with van der Waals surface area (Å²) in [5.41, 5.74) is -0.208. The lowest BCUT2D eigenvalue weighted by molar-refractivity contribution is -0.398. The lowest BCUT2D eigenvalue weighted by Gasteiger charge is -2.10. The van der Waals surface area contributed by atoms with E-state index < -0.39 is 22.2 Å². The predicted octanol–water partition coefficient (Wildman–Crippen LogP) is 3.21. The second-order valence-corrected chi connectivity index (χ2v) is 4.27. The lowest BCUT2D eigenvalue weighted by atomic mass is 10.2. The van der Waals surface area contributed by atoms with Crippen molar-refractivity contribution in [1.82, 2.24) is 0 Å². The van der Waals surface area contributed by atoms with Crippen molar-refractivity contribution in [3.05, 3.63) is 62.9 Å². The Morgan fingerprint density at radius 3 is 2.50 bits per heavy atom. The summed E-state index contributed by atoms with van der Waals surface area (Å²) < 4.78 is 12.7. The van der Waals surface area contributed by atoms with E-state index in [0.29, 0.717) is 5.69 Å². The van der Waals surface area contributed by atoms with Crippen molar-refractivity contribution < 1.29 is 14.4 Å². The average Bonchev–Trinajstić information content (AvgIpc) is 2.41. The molecule has 0 aliphatic rings. The second kappa shape index (κ2) is 5.66. The third kappa shape index (κ3) is 3.10. The van der Waals surface area contributed by atoms with Gasteiger partial charge in [-0.3, -0.25) is 15.1 Å². The third-order valence-electron chi connectivity index (χ3n) is 2.44. The zero-order valence-corrected chi connectivity index (χ0v) is 10.7. The maximum absolute atomic E-state index is 12.7. The first kappa shape index (κ1) is 14.0. The van der Waals surface area contributed by atoms with Gasteiger partial charge < -0.3 is 5.11 Å². The van der Waals surface area contributed by atoms with Gasteiger partial charge in [0.1, 0.15) is 5.82 Å². The molecular weight excluding hydrogens is 287 g/mol. The molecule has 0 fully saturated rings. The van der Waals surface area contributed by atoms with Crippen molar-refractivity contribution in [3.8, 4) is 5.75 Å². The minimum Gasteiger partial charge on any atom is -0.867 e. The van der Waals surface area contributed by atoms with Crippen molar-refractivity contribution in [1.29, 1.82) is 0 Å². The summed E-state index contributed by atoms with van der Waals surface area (Å²) in [4.78, 5) is 13.8. The molecule has 0 N–H and O–H groups in total. The molecule has 20 heavy (non-hydrogen) atoms. The highest BCUT2D eigenvalue weighted by Gasteiger charge is 2.11. The van der Waals surface area contributed by atoms with Gasteiger partial charge in [0.25, 0.3) is 5.69 Å². The second-order valence-electron chi connectivity index (χ2n) is 3.83. The van der Waals surface area contributed by atoms with E-state index in [2.05, 4.69) is 4.99 Å². The molecule has 2 aromatic rings. The molecular formula is C13H7ClFN2O3-. The molecule has 0 amide bonds. The number of halogens is 2. The molecule has 0 radical (unpaired) electrons. The first-order valence-corrected chi connectivity index (χ1v) is 5.80. The van der Waals surface area contributed by atoms with Crippen LogP contribution >= 0.6 is 11.6 Å². The Kier molecular flexibility index (Phi) is 3.95. The topological polar surface area (TPSA) is 78.6 Å². The van der Waals surface area contributed by atoms with Gasteiger partial charge in [0, 0.05) is 17.3 Å². The normalized spacial score (nSPS) is 10.9. The Bertz CT molecular complexity index is 687. The van der Waals surface area contributed by atoms with E-state index in [4.69, 9.17) is 11.6 Å². The molecule has 2 rings (SSSR count). The monoisotopic (exact) mass is 293 g/mol. The van der Waals surface area contributed by atoms with Gasteiger partial charge in [-0.25, -0.2) is 4.39 Å². The number of nitro groups is 1. The van der Waals surface area contributed by atoms with E-state index in [0.717, 1.165) is 12.3 Å². The average molecular weight is 294 g/mol. The van der Waals surface area contributed by atoms with Gasteiger partial charge >= 0.3 is 0 Å². The zero-order chi connectivity index (χ0) is 14.7. The molecule has 0 saturated heterocycles. The van der Waals surface area contributed by atoms with Crippen LogP contribution in [0.2, 0.25) is 5.02 Å². The molecule has 2 aromatic carbocycles. The van der Waals surface area contributed by atoms with Crippen molar-refractivity contribution >= 4 is 29.2 Å². The van der Waals surface area contributed by atoms with Crippen molar-refractivity contribution in [2.45, 2.75) is 0 Å². The van der Waals surface area contributed by atoms with Gasteiger partial charge in [-0.15, -0.1) is 0 Å². The van der Waals surface area contributed by atoms with E-state index in [1.54, 1.807) is 0 Å². The van der Waals surface area contributed by atoms with Crippen LogP contribution in [0.3, 0.4) is 0 Å². The van der Waals surface area contributed by atoms with Gasteiger partial charge in [0.2, 0.25) is 0 Å². The van der Waals surface area contributed by atoms with Crippen LogP contribution in [0.15, 0.2) is 41.4 Å². The van der Waals surface area contributed by atoms with E-state index in [9.17, 15) is 19.6 Å². The van der Waals surface area contributed by atoms with Gasteiger partial charge in [0.15, 0.2) is 0 Å². The molecule has 0 heterocycles. The Morgan fingerprint density at radius 2 is 1.90 bits per heavy atom. The Hall–Kier alpha value is -2.47. The Morgan fingerprint density at radius 1 is 1.25 bits per heavy atom. The maximum atomic E-state index is 12.7. The molecule has 0 aromatic heterocycles. The van der Waals surface area contributed by atoms with Crippen molar-refractivity contribution in [2.75, 3.05) is 0 Å². The van der Waals surface area contributed by atoms with Crippen molar-refractivity contribution in [3.63, 3.8) is 0 Å². The molecule has 0 spiro atoms. The van der Waals surface area contributed by atoms with Crippen molar-refractivity contribution in [2.24, 2.45) is 4.99 Å². The van der Waals surface area contributed by atoms with Gasteiger partial charge in [0.05, 0.1) is 10.6 Å². The third-order valence-corrected chi connectivity index (χ3v) is 2.66. The van der Waals surface area contributed by atoms with Gasteiger partial charge in [-0.1, -0.05) is 11.6 Å². The van der Waals surface area contributed by atoms with E-state index in [1.165, 1.54) is 30.3 Å². The van der Waals surface area contributed by atoms with Gasteiger partial charge in [-0.05, 0) is 41.6 Å². The Balaban J connectivity index is 2.38. The largest absolute Gasteiger partial charge is 0.867 e. The fraction of sp³-hybridized carbons (Fsp3) is 0. The SMILES string of the molecule is O=[N+]([O-])c1cc(Cl)cc(C=Nc2ccc(F)cc2)c1[O-]. The number of aliphatic imine (C=N–C) groups is 1. The van der Waals surface area contributed by atoms with Crippen LogP contribution in [0.1, 0.15) is 5.56 Å². The molecule has 0 bridgehead atoms. The van der Waals surface area contributed by atoms with Crippen LogP contribution in [0, 0.1) is 15.9 Å². The summed E-state index contributed by atoms with van der Waals surface area (Å²) in [6.45, 7) is 0. The molecule has 0 saturated carbocycles. The van der Waals surface area contributed by atoms with Crippen LogP contribution in [-0.2, 0) is 0 Å². The number of rotatable bonds is 3. The van der Waals surface area contributed by atoms with E-state index in [1.807, 2.05) is 0 Å². The summed E-state index contributed by atoms with van der Waals surface area (Å²) in [6.07, 6.45) is 1.16. The molecule has 7 heteroatoms. The van der Waals surface area contributed by atoms with Crippen LogP contribution in [0.25, 0.3) is 0 Å². The summed E-state index contributed by atoms with van der Waals surface area (Å²) in [7, 11) is 0. The first-order valence-electron chi connectivity index (χ1n) is 5.42. The number of nitro benzene ring substituents is 1. The summed E-state index contributed by atoms with van der Waals surface area (Å²) in [6, 6.07) is 7.52. The maximum Gasteiger partial charge on any atom is 0.263 e. The predicted molar refractivity (Wildman–Crippen MR) is 71.2 cm³/mol. The highest BCUT2D eigenvalue weighted by atomic mass is 35.5. The van der Waals surface area contributed by atoms with Crippen LogP contribution in [0.4, 0.5) is 15.8 Å². The smallest absolute Gasteiger partial charge is 0.263 e. The summed E-state index contributed by atoms with van der Waals surface area (Å²) in [5.74, 6) is -1.18. The first-order chi connectivity index (χ1) is 9.47. The van der Waals surface area contributed by atoms with Crippen LogP contribution in [-0.4, -0.2) is 11.1 Å². The van der Waals surface area contributed by atoms with Crippen LogP contribution in [0.5, 0.6) is 5.75 Å². The molecule has 0 atom stereocenters. The minimum absolute atomic E-state index is 0.00600. The quantitative estimate of drug-likeness (QED) is 0.495. The molecule has 5 nitrogen and oxygen atoms in total. The number of hydrogen-bond acceptors (Lipinski definition) is 4. The fourth-order valence-corrected chi connectivity index (χ4v) is 1.72.